The molecule has 1 heteroatoms. The Labute approximate surface area is 69.8 Å². The Kier molecular flexibility index (Phi) is 1.71. The molecule has 11 heavy (non-hydrogen) atoms. The normalized spacial score (nSPS) is 45.8. The van der Waals surface area contributed by atoms with Gasteiger partial charge in [0.1, 0.15) is 0 Å². The molecule has 2 rings (SSSR count). The molecule has 0 aromatic heterocycles. The van der Waals surface area contributed by atoms with Crippen molar-refractivity contribution in [2.75, 3.05) is 13.6 Å². The highest BCUT2D eigenvalue weighted by atomic mass is 15.2. The second kappa shape index (κ2) is 2.48. The van der Waals surface area contributed by atoms with Crippen molar-refractivity contribution in [3.8, 4) is 0 Å². The van der Waals surface area contributed by atoms with Gasteiger partial charge in [0.25, 0.3) is 0 Å². The number of hydrogen-bond donors (Lipinski definition) is 0. The molecule has 0 bridgehead atoms. The van der Waals surface area contributed by atoms with Crippen LogP contribution in [0.2, 0.25) is 0 Å². The fourth-order valence-electron chi connectivity index (χ4n) is 3.01. The van der Waals surface area contributed by atoms with Crippen molar-refractivity contribution >= 4 is 0 Å². The Bertz CT molecular complexity index is 155. The van der Waals surface area contributed by atoms with Crippen molar-refractivity contribution < 1.29 is 0 Å². The Morgan fingerprint density at radius 3 is 2.64 bits per heavy atom. The first-order valence-corrected chi connectivity index (χ1v) is 4.94. The lowest BCUT2D eigenvalue weighted by molar-refractivity contribution is 0.175. The van der Waals surface area contributed by atoms with E-state index in [2.05, 4.69) is 18.9 Å². The molecule has 64 valence electrons. The topological polar surface area (TPSA) is 3.24 Å². The molecule has 2 atom stereocenters. The summed E-state index contributed by atoms with van der Waals surface area (Å²) in [4.78, 5) is 2.61. The maximum atomic E-state index is 2.61. The number of rotatable bonds is 0. The predicted octanol–water partition coefficient (Wildman–Crippen LogP) is 2.27. The van der Waals surface area contributed by atoms with Crippen LogP contribution in [0.4, 0.5) is 0 Å². The summed E-state index contributed by atoms with van der Waals surface area (Å²) in [6.07, 6.45) is 7.29. The first kappa shape index (κ1) is 7.60. The van der Waals surface area contributed by atoms with Crippen LogP contribution in [0.1, 0.15) is 39.0 Å². The molecule has 0 unspecified atom stereocenters. The Hall–Kier alpha value is -0.0400. The molecular weight excluding hydrogens is 134 g/mol. The zero-order chi connectivity index (χ0) is 7.90. The molecule has 0 aromatic rings. The van der Waals surface area contributed by atoms with Crippen LogP contribution in [0, 0.1) is 5.92 Å². The van der Waals surface area contributed by atoms with Crippen molar-refractivity contribution in [1.82, 2.24) is 4.90 Å². The summed E-state index contributed by atoms with van der Waals surface area (Å²) in [7, 11) is 2.31. The molecular formula is C10H19N. The Morgan fingerprint density at radius 2 is 2.18 bits per heavy atom. The lowest BCUT2D eigenvalue weighted by Gasteiger charge is -2.32. The molecule has 2 aliphatic rings. The first-order chi connectivity index (χ1) is 5.23. The van der Waals surface area contributed by atoms with Crippen LogP contribution >= 0.6 is 0 Å². The van der Waals surface area contributed by atoms with E-state index in [4.69, 9.17) is 0 Å². The van der Waals surface area contributed by atoms with E-state index in [9.17, 15) is 0 Å². The van der Waals surface area contributed by atoms with Gasteiger partial charge in [-0.25, -0.2) is 0 Å². The van der Waals surface area contributed by atoms with Crippen molar-refractivity contribution in [3.05, 3.63) is 0 Å². The molecule has 1 aliphatic heterocycles. The Morgan fingerprint density at radius 1 is 1.36 bits per heavy atom. The van der Waals surface area contributed by atoms with Gasteiger partial charge in [-0.2, -0.15) is 0 Å². The van der Waals surface area contributed by atoms with E-state index in [1.54, 1.807) is 0 Å². The molecule has 0 amide bonds. The summed E-state index contributed by atoms with van der Waals surface area (Å²) in [5.74, 6) is 0.982. The lowest BCUT2D eigenvalue weighted by atomic mass is 9.93. The first-order valence-electron chi connectivity index (χ1n) is 4.94. The summed E-state index contributed by atoms with van der Waals surface area (Å²) in [5.41, 5.74) is 0.652. The Balaban J connectivity index is 2.10. The van der Waals surface area contributed by atoms with Crippen LogP contribution in [0.3, 0.4) is 0 Å². The van der Waals surface area contributed by atoms with Gasteiger partial charge in [-0.3, -0.25) is 0 Å². The van der Waals surface area contributed by atoms with E-state index in [0.29, 0.717) is 5.54 Å². The minimum absolute atomic E-state index is 0.652. The number of likely N-dealkylation sites (tertiary alicyclic amines) is 1. The average Bonchev–Trinajstić information content (AvgIpc) is 2.46. The van der Waals surface area contributed by atoms with Crippen LogP contribution in [-0.2, 0) is 0 Å². The van der Waals surface area contributed by atoms with Gasteiger partial charge in [0, 0.05) is 5.54 Å². The summed E-state index contributed by atoms with van der Waals surface area (Å²) in [6.45, 7) is 3.74. The largest absolute Gasteiger partial charge is 0.301 e. The predicted molar refractivity (Wildman–Crippen MR) is 47.6 cm³/mol. The minimum Gasteiger partial charge on any atom is -0.301 e. The van der Waals surface area contributed by atoms with Gasteiger partial charge in [0.05, 0.1) is 0 Å². The van der Waals surface area contributed by atoms with E-state index >= 15 is 0 Å². The molecule has 0 aromatic carbocycles. The third-order valence-electron chi connectivity index (χ3n) is 3.78. The lowest BCUT2D eigenvalue weighted by Crippen LogP contribution is -2.38. The monoisotopic (exact) mass is 153 g/mol. The summed E-state index contributed by atoms with van der Waals surface area (Å²) in [5, 5.41) is 0. The van der Waals surface area contributed by atoms with Gasteiger partial charge >= 0.3 is 0 Å². The van der Waals surface area contributed by atoms with Crippen LogP contribution in [0.25, 0.3) is 0 Å². The highest BCUT2D eigenvalue weighted by molar-refractivity contribution is 4.99. The highest BCUT2D eigenvalue weighted by Crippen LogP contribution is 2.44. The molecule has 1 aliphatic carbocycles. The zero-order valence-corrected chi connectivity index (χ0v) is 7.77. The third kappa shape index (κ3) is 1.10. The fraction of sp³-hybridized carbons (Fsp3) is 1.00. The molecule has 0 radical (unpaired) electrons. The van der Waals surface area contributed by atoms with Gasteiger partial charge in [0.15, 0.2) is 0 Å². The SMILES string of the molecule is C[C@H]1CC[C@@]2(CCCN2C)C1. The van der Waals surface area contributed by atoms with Crippen molar-refractivity contribution in [3.63, 3.8) is 0 Å². The van der Waals surface area contributed by atoms with Crippen LogP contribution in [-0.4, -0.2) is 24.0 Å². The average molecular weight is 153 g/mol. The molecule has 1 saturated heterocycles. The number of hydrogen-bond acceptors (Lipinski definition) is 1. The molecule has 1 saturated carbocycles. The van der Waals surface area contributed by atoms with Gasteiger partial charge in [-0.15, -0.1) is 0 Å². The van der Waals surface area contributed by atoms with Gasteiger partial charge in [0.2, 0.25) is 0 Å². The summed E-state index contributed by atoms with van der Waals surface area (Å²) in [6, 6.07) is 0. The van der Waals surface area contributed by atoms with Crippen LogP contribution < -0.4 is 0 Å². The van der Waals surface area contributed by atoms with Gasteiger partial charge < -0.3 is 4.90 Å². The maximum Gasteiger partial charge on any atom is 0.0209 e. The van der Waals surface area contributed by atoms with E-state index in [1.165, 1.54) is 38.6 Å². The standard InChI is InChI=1S/C10H19N/c1-9-4-6-10(8-9)5-3-7-11(10)2/h9H,3-8H2,1-2H3/t9-,10-/m0/s1. The van der Waals surface area contributed by atoms with Gasteiger partial charge in [-0.05, 0) is 51.6 Å². The third-order valence-corrected chi connectivity index (χ3v) is 3.78. The van der Waals surface area contributed by atoms with Crippen LogP contribution in [0.15, 0.2) is 0 Å². The fourth-order valence-corrected chi connectivity index (χ4v) is 3.01. The van der Waals surface area contributed by atoms with Gasteiger partial charge in [-0.1, -0.05) is 6.92 Å². The molecule has 2 fully saturated rings. The van der Waals surface area contributed by atoms with Crippen molar-refractivity contribution in [2.45, 2.75) is 44.6 Å². The summed E-state index contributed by atoms with van der Waals surface area (Å²) >= 11 is 0. The van der Waals surface area contributed by atoms with E-state index < -0.39 is 0 Å². The summed E-state index contributed by atoms with van der Waals surface area (Å²) < 4.78 is 0. The molecule has 1 nitrogen and oxygen atoms in total. The van der Waals surface area contributed by atoms with Crippen LogP contribution in [0.5, 0.6) is 0 Å². The molecule has 1 heterocycles. The molecule has 0 N–H and O–H groups in total. The van der Waals surface area contributed by atoms with E-state index in [1.807, 2.05) is 0 Å². The minimum atomic E-state index is 0.652. The quantitative estimate of drug-likeness (QED) is 0.516. The molecule has 1 spiro atoms. The second-order valence-corrected chi connectivity index (χ2v) is 4.60. The van der Waals surface area contributed by atoms with E-state index in [0.717, 1.165) is 5.92 Å². The highest BCUT2D eigenvalue weighted by Gasteiger charge is 2.43. The van der Waals surface area contributed by atoms with E-state index in [-0.39, 0.29) is 0 Å². The number of nitrogens with zero attached hydrogens (tertiary/aromatic N) is 1. The van der Waals surface area contributed by atoms with Crippen molar-refractivity contribution in [1.29, 1.82) is 0 Å². The second-order valence-electron chi connectivity index (χ2n) is 4.60. The smallest absolute Gasteiger partial charge is 0.0209 e. The zero-order valence-electron chi connectivity index (χ0n) is 7.77. The van der Waals surface area contributed by atoms with Crippen molar-refractivity contribution in [2.24, 2.45) is 5.92 Å². The maximum absolute atomic E-state index is 2.61.